The fourth-order valence-corrected chi connectivity index (χ4v) is 2.50. The topological polar surface area (TPSA) is 55.4 Å². The number of benzene rings is 1. The van der Waals surface area contributed by atoms with Crippen LogP contribution in [0.3, 0.4) is 0 Å². The van der Waals surface area contributed by atoms with Crippen molar-refractivity contribution >= 4 is 10.0 Å². The van der Waals surface area contributed by atoms with Crippen molar-refractivity contribution in [3.63, 3.8) is 0 Å². The molecular formula is C15H19NO3S. The van der Waals surface area contributed by atoms with Crippen LogP contribution in [0.15, 0.2) is 47.9 Å². The van der Waals surface area contributed by atoms with Crippen molar-refractivity contribution in [3.05, 3.63) is 53.4 Å². The summed E-state index contributed by atoms with van der Waals surface area (Å²) in [5, 5.41) is 0. The second-order valence-electron chi connectivity index (χ2n) is 5.13. The lowest BCUT2D eigenvalue weighted by Crippen LogP contribution is -2.23. The van der Waals surface area contributed by atoms with Crippen LogP contribution < -0.4 is 9.46 Å². The maximum Gasteiger partial charge on any atom is 0.229 e. The van der Waals surface area contributed by atoms with Crippen molar-refractivity contribution in [2.24, 2.45) is 5.92 Å². The molecule has 1 atom stereocenters. The second kappa shape index (κ2) is 5.71. The summed E-state index contributed by atoms with van der Waals surface area (Å²) >= 11 is 0. The fourth-order valence-electron chi connectivity index (χ4n) is 1.93. The van der Waals surface area contributed by atoms with Crippen LogP contribution in [0.4, 0.5) is 0 Å². The van der Waals surface area contributed by atoms with Gasteiger partial charge in [0.15, 0.2) is 0 Å². The van der Waals surface area contributed by atoms with Crippen molar-refractivity contribution in [2.45, 2.75) is 20.3 Å². The van der Waals surface area contributed by atoms with Gasteiger partial charge >= 0.3 is 0 Å². The minimum Gasteiger partial charge on any atom is -0.461 e. The van der Waals surface area contributed by atoms with Gasteiger partial charge in [-0.3, -0.25) is 4.72 Å². The molecule has 108 valence electrons. The van der Waals surface area contributed by atoms with Crippen LogP contribution in [0.5, 0.6) is 5.75 Å². The molecule has 1 aliphatic carbocycles. The van der Waals surface area contributed by atoms with Gasteiger partial charge in [-0.15, -0.1) is 0 Å². The summed E-state index contributed by atoms with van der Waals surface area (Å²) in [5.41, 5.74) is 1.73. The van der Waals surface area contributed by atoms with E-state index in [0.29, 0.717) is 5.70 Å². The van der Waals surface area contributed by atoms with Crippen molar-refractivity contribution < 1.29 is 13.2 Å². The van der Waals surface area contributed by atoms with Gasteiger partial charge in [-0.2, -0.15) is 0 Å². The first-order chi connectivity index (χ1) is 9.33. The quantitative estimate of drug-likeness (QED) is 0.928. The zero-order valence-corrected chi connectivity index (χ0v) is 12.7. The van der Waals surface area contributed by atoms with E-state index in [9.17, 15) is 8.42 Å². The van der Waals surface area contributed by atoms with Gasteiger partial charge in [0, 0.05) is 17.7 Å². The van der Waals surface area contributed by atoms with Crippen molar-refractivity contribution in [1.29, 1.82) is 0 Å². The van der Waals surface area contributed by atoms with Gasteiger partial charge in [-0.05, 0) is 25.5 Å². The molecule has 2 rings (SSSR count). The number of aryl methyl sites for hydroxylation is 1. The molecule has 1 unspecified atom stereocenters. The highest BCUT2D eigenvalue weighted by Crippen LogP contribution is 2.26. The summed E-state index contributed by atoms with van der Waals surface area (Å²) in [6, 6.07) is 7.78. The molecule has 0 saturated heterocycles. The predicted molar refractivity (Wildman–Crippen MR) is 79.7 cm³/mol. The Kier molecular flexibility index (Phi) is 4.18. The van der Waals surface area contributed by atoms with E-state index in [0.717, 1.165) is 24.2 Å². The molecule has 1 aromatic carbocycles. The highest BCUT2D eigenvalue weighted by atomic mass is 32.2. The molecule has 0 radical (unpaired) electrons. The molecule has 20 heavy (non-hydrogen) atoms. The van der Waals surface area contributed by atoms with Gasteiger partial charge in [0.05, 0.1) is 6.26 Å². The Morgan fingerprint density at radius 2 is 1.90 bits per heavy atom. The normalized spacial score (nSPS) is 19.1. The van der Waals surface area contributed by atoms with Gasteiger partial charge in [0.1, 0.15) is 11.5 Å². The average molecular weight is 293 g/mol. The molecule has 1 N–H and O–H groups in total. The number of ether oxygens (including phenoxy) is 1. The largest absolute Gasteiger partial charge is 0.461 e. The zero-order valence-electron chi connectivity index (χ0n) is 11.9. The average Bonchev–Trinajstić information content (AvgIpc) is 2.34. The first-order valence-electron chi connectivity index (χ1n) is 6.47. The van der Waals surface area contributed by atoms with E-state index in [-0.39, 0.29) is 5.92 Å². The SMILES string of the molecule is Cc1ccc(OC2=CC(NS(C)(=O)=O)=CCC2C)cc1. The van der Waals surface area contributed by atoms with Gasteiger partial charge in [0.2, 0.25) is 10.0 Å². The maximum absolute atomic E-state index is 11.3. The van der Waals surface area contributed by atoms with Gasteiger partial charge in [0.25, 0.3) is 0 Å². The third-order valence-electron chi connectivity index (χ3n) is 3.03. The molecule has 0 bridgehead atoms. The molecule has 0 amide bonds. The third kappa shape index (κ3) is 4.13. The molecule has 4 nitrogen and oxygen atoms in total. The summed E-state index contributed by atoms with van der Waals surface area (Å²) in [7, 11) is -3.26. The van der Waals surface area contributed by atoms with E-state index < -0.39 is 10.0 Å². The summed E-state index contributed by atoms with van der Waals surface area (Å²) in [6.07, 6.45) is 5.50. The molecule has 1 aromatic rings. The molecule has 0 fully saturated rings. The zero-order chi connectivity index (χ0) is 14.8. The Morgan fingerprint density at radius 1 is 1.25 bits per heavy atom. The van der Waals surface area contributed by atoms with Crippen LogP contribution >= 0.6 is 0 Å². The Labute approximate surface area is 120 Å². The second-order valence-corrected chi connectivity index (χ2v) is 6.88. The van der Waals surface area contributed by atoms with Gasteiger partial charge < -0.3 is 4.74 Å². The molecule has 0 saturated carbocycles. The number of rotatable bonds is 4. The maximum atomic E-state index is 11.3. The number of sulfonamides is 1. The van der Waals surface area contributed by atoms with E-state index in [2.05, 4.69) is 4.72 Å². The standard InChI is InChI=1S/C15H19NO3S/c1-11-4-8-14(9-5-11)19-15-10-13(7-6-12(15)2)16-20(3,17)18/h4-5,7-10,12,16H,6H2,1-3H3. The van der Waals surface area contributed by atoms with Crippen LogP contribution in [-0.2, 0) is 10.0 Å². The van der Waals surface area contributed by atoms with Crippen molar-refractivity contribution in [1.82, 2.24) is 4.72 Å². The lowest BCUT2D eigenvalue weighted by Gasteiger charge is -2.21. The Hall–Kier alpha value is -1.75. The number of nitrogens with one attached hydrogen (secondary N) is 1. The van der Waals surface area contributed by atoms with Crippen LogP contribution in [0.1, 0.15) is 18.9 Å². The summed E-state index contributed by atoms with van der Waals surface area (Å²) in [5.74, 6) is 1.75. The monoisotopic (exact) mass is 293 g/mol. The van der Waals surface area contributed by atoms with E-state index in [1.807, 2.05) is 44.2 Å². The summed E-state index contributed by atoms with van der Waals surface area (Å²) in [4.78, 5) is 0. The number of hydrogen-bond donors (Lipinski definition) is 1. The minimum absolute atomic E-state index is 0.224. The smallest absolute Gasteiger partial charge is 0.229 e. The molecule has 1 aliphatic rings. The van der Waals surface area contributed by atoms with Crippen LogP contribution in [0.25, 0.3) is 0 Å². The van der Waals surface area contributed by atoms with E-state index in [1.165, 1.54) is 5.56 Å². The molecule has 0 aromatic heterocycles. The van der Waals surface area contributed by atoms with Crippen LogP contribution in [0.2, 0.25) is 0 Å². The lowest BCUT2D eigenvalue weighted by atomic mass is 9.99. The summed E-state index contributed by atoms with van der Waals surface area (Å²) < 4.78 is 30.9. The third-order valence-corrected chi connectivity index (χ3v) is 3.64. The number of allylic oxidation sites excluding steroid dienone is 3. The lowest BCUT2D eigenvalue weighted by molar-refractivity contribution is 0.354. The first kappa shape index (κ1) is 14.7. The van der Waals surface area contributed by atoms with E-state index in [1.54, 1.807) is 6.08 Å². The van der Waals surface area contributed by atoms with Crippen molar-refractivity contribution in [3.8, 4) is 5.75 Å². The molecule has 5 heteroatoms. The molecular weight excluding hydrogens is 274 g/mol. The fraction of sp³-hybridized carbons (Fsp3) is 0.333. The van der Waals surface area contributed by atoms with Crippen LogP contribution in [0, 0.1) is 12.8 Å². The number of hydrogen-bond acceptors (Lipinski definition) is 3. The van der Waals surface area contributed by atoms with Crippen LogP contribution in [-0.4, -0.2) is 14.7 Å². The van der Waals surface area contributed by atoms with Gasteiger partial charge in [-0.25, -0.2) is 8.42 Å². The molecule has 0 spiro atoms. The van der Waals surface area contributed by atoms with Crippen molar-refractivity contribution in [2.75, 3.05) is 6.26 Å². The highest BCUT2D eigenvalue weighted by Gasteiger charge is 2.17. The predicted octanol–water partition coefficient (Wildman–Crippen LogP) is 2.73. The highest BCUT2D eigenvalue weighted by molar-refractivity contribution is 7.88. The minimum atomic E-state index is -3.26. The van der Waals surface area contributed by atoms with Gasteiger partial charge in [-0.1, -0.05) is 30.7 Å². The molecule has 0 heterocycles. The molecule has 0 aliphatic heterocycles. The Bertz CT molecular complexity index is 642. The van der Waals surface area contributed by atoms with E-state index in [4.69, 9.17) is 4.74 Å². The Morgan fingerprint density at radius 3 is 2.50 bits per heavy atom. The Balaban J connectivity index is 2.16. The first-order valence-corrected chi connectivity index (χ1v) is 8.37. The summed E-state index contributed by atoms with van der Waals surface area (Å²) in [6.45, 7) is 4.07. The van der Waals surface area contributed by atoms with E-state index >= 15 is 0 Å².